The topological polar surface area (TPSA) is 24.9 Å². The first-order valence-electron chi connectivity index (χ1n) is 11.6. The van der Waals surface area contributed by atoms with E-state index in [2.05, 4.69) is 88.0 Å². The fourth-order valence-corrected chi connectivity index (χ4v) is 5.31. The van der Waals surface area contributed by atoms with Gasteiger partial charge in [0.15, 0.2) is 0 Å². The molecule has 2 heterocycles. The van der Waals surface area contributed by atoms with Crippen LogP contribution in [-0.2, 0) is 0 Å². The molecule has 1 unspecified atom stereocenters. The van der Waals surface area contributed by atoms with E-state index in [-0.39, 0.29) is 6.10 Å². The SMILES string of the molecule is COc1cccc(N2CCN(CCC(Oc3cccc4ccccc34)c3cccs3)CC2)c1. The van der Waals surface area contributed by atoms with Gasteiger partial charge in [-0.05, 0) is 35.0 Å². The molecule has 0 amide bonds. The van der Waals surface area contributed by atoms with Crippen molar-refractivity contribution in [3.8, 4) is 11.5 Å². The predicted octanol–water partition coefficient (Wildman–Crippen LogP) is 6.24. The molecule has 0 N–H and O–H groups in total. The lowest BCUT2D eigenvalue weighted by atomic mass is 10.1. The minimum absolute atomic E-state index is 0.0622. The maximum absolute atomic E-state index is 6.64. The second-order valence-electron chi connectivity index (χ2n) is 8.42. The van der Waals surface area contributed by atoms with Gasteiger partial charge in [-0.25, -0.2) is 0 Å². The van der Waals surface area contributed by atoms with E-state index in [9.17, 15) is 0 Å². The summed E-state index contributed by atoms with van der Waals surface area (Å²) < 4.78 is 12.0. The first-order chi connectivity index (χ1) is 16.3. The number of nitrogens with zero attached hydrogens (tertiary/aromatic N) is 2. The van der Waals surface area contributed by atoms with Crippen LogP contribution in [0.1, 0.15) is 17.4 Å². The summed E-state index contributed by atoms with van der Waals surface area (Å²) in [7, 11) is 1.72. The van der Waals surface area contributed by atoms with E-state index in [0.717, 1.165) is 50.6 Å². The smallest absolute Gasteiger partial charge is 0.134 e. The van der Waals surface area contributed by atoms with Gasteiger partial charge < -0.3 is 14.4 Å². The number of fused-ring (bicyclic) bond motifs is 1. The number of rotatable bonds is 8. The van der Waals surface area contributed by atoms with Gasteiger partial charge in [0.2, 0.25) is 0 Å². The van der Waals surface area contributed by atoms with Gasteiger partial charge in [-0.15, -0.1) is 11.3 Å². The summed E-state index contributed by atoms with van der Waals surface area (Å²) in [6, 6.07) is 27.4. The van der Waals surface area contributed by atoms with Crippen molar-refractivity contribution in [2.45, 2.75) is 12.5 Å². The summed E-state index contributed by atoms with van der Waals surface area (Å²) in [5, 5.41) is 4.53. The lowest BCUT2D eigenvalue weighted by Gasteiger charge is -2.36. The van der Waals surface area contributed by atoms with Crippen LogP contribution in [0.15, 0.2) is 84.2 Å². The van der Waals surface area contributed by atoms with Crippen LogP contribution in [0, 0.1) is 0 Å². The van der Waals surface area contributed by atoms with Crippen molar-refractivity contribution >= 4 is 27.8 Å². The van der Waals surface area contributed by atoms with Crippen LogP contribution in [0.4, 0.5) is 5.69 Å². The summed E-state index contributed by atoms with van der Waals surface area (Å²) in [5.41, 5.74) is 1.24. The summed E-state index contributed by atoms with van der Waals surface area (Å²) in [4.78, 5) is 6.30. The third-order valence-corrected chi connectivity index (χ3v) is 7.34. The normalized spacial score (nSPS) is 15.5. The number of ether oxygens (including phenoxy) is 2. The summed E-state index contributed by atoms with van der Waals surface area (Å²) in [6.07, 6.45) is 1.04. The number of thiophene rings is 1. The molecule has 4 aromatic rings. The highest BCUT2D eigenvalue weighted by Gasteiger charge is 2.21. The number of benzene rings is 3. The summed E-state index contributed by atoms with van der Waals surface area (Å²) in [6.45, 7) is 5.20. The lowest BCUT2D eigenvalue weighted by Crippen LogP contribution is -2.46. The molecule has 1 aromatic heterocycles. The number of hydrogen-bond donors (Lipinski definition) is 0. The molecule has 1 saturated heterocycles. The van der Waals surface area contributed by atoms with E-state index >= 15 is 0 Å². The van der Waals surface area contributed by atoms with Crippen molar-refractivity contribution in [3.63, 3.8) is 0 Å². The van der Waals surface area contributed by atoms with Gasteiger partial charge >= 0.3 is 0 Å². The second-order valence-corrected chi connectivity index (χ2v) is 9.40. The zero-order valence-electron chi connectivity index (χ0n) is 19.0. The van der Waals surface area contributed by atoms with Crippen molar-refractivity contribution in [1.82, 2.24) is 4.90 Å². The number of hydrogen-bond acceptors (Lipinski definition) is 5. The van der Waals surface area contributed by atoms with Crippen LogP contribution in [0.25, 0.3) is 10.8 Å². The third kappa shape index (κ3) is 5.15. The van der Waals surface area contributed by atoms with E-state index < -0.39 is 0 Å². The van der Waals surface area contributed by atoms with E-state index in [1.54, 1.807) is 18.4 Å². The Balaban J connectivity index is 1.23. The number of piperazine rings is 1. The van der Waals surface area contributed by atoms with Gasteiger partial charge in [-0.2, -0.15) is 0 Å². The Morgan fingerprint density at radius 1 is 0.879 bits per heavy atom. The van der Waals surface area contributed by atoms with Crippen LogP contribution in [0.2, 0.25) is 0 Å². The Kier molecular flexibility index (Phi) is 6.79. The highest BCUT2D eigenvalue weighted by atomic mass is 32.1. The Morgan fingerprint density at radius 3 is 2.52 bits per heavy atom. The monoisotopic (exact) mass is 458 g/mol. The van der Waals surface area contributed by atoms with Crippen molar-refractivity contribution < 1.29 is 9.47 Å². The van der Waals surface area contributed by atoms with Crippen LogP contribution in [0.5, 0.6) is 11.5 Å². The molecule has 0 bridgehead atoms. The first kappa shape index (κ1) is 21.8. The van der Waals surface area contributed by atoms with Crippen molar-refractivity contribution in [2.24, 2.45) is 0 Å². The Hall–Kier alpha value is -3.02. The summed E-state index contributed by atoms with van der Waals surface area (Å²) >= 11 is 1.78. The third-order valence-electron chi connectivity index (χ3n) is 6.38. The predicted molar refractivity (Wildman–Crippen MR) is 138 cm³/mol. The molecule has 170 valence electrons. The van der Waals surface area contributed by atoms with Gasteiger partial charge in [0.25, 0.3) is 0 Å². The largest absolute Gasteiger partial charge is 0.497 e. The van der Waals surface area contributed by atoms with Crippen LogP contribution in [0.3, 0.4) is 0 Å². The van der Waals surface area contributed by atoms with Gasteiger partial charge in [0, 0.05) is 61.2 Å². The molecule has 0 saturated carbocycles. The highest BCUT2D eigenvalue weighted by molar-refractivity contribution is 7.10. The van der Waals surface area contributed by atoms with Gasteiger partial charge in [0.05, 0.1) is 7.11 Å². The molecule has 1 aliphatic rings. The average molecular weight is 459 g/mol. The first-order valence-corrected chi connectivity index (χ1v) is 12.5. The molecule has 5 heteroatoms. The van der Waals surface area contributed by atoms with E-state index in [1.807, 2.05) is 6.07 Å². The van der Waals surface area contributed by atoms with E-state index in [1.165, 1.54) is 21.3 Å². The fourth-order valence-electron chi connectivity index (χ4n) is 4.52. The van der Waals surface area contributed by atoms with Crippen LogP contribution >= 0.6 is 11.3 Å². The minimum atomic E-state index is 0.0622. The maximum atomic E-state index is 6.64. The van der Waals surface area contributed by atoms with Crippen LogP contribution < -0.4 is 14.4 Å². The van der Waals surface area contributed by atoms with Crippen molar-refractivity contribution in [2.75, 3.05) is 44.7 Å². The molecule has 1 atom stereocenters. The molecule has 0 spiro atoms. The molecule has 1 fully saturated rings. The molecule has 1 aliphatic heterocycles. The van der Waals surface area contributed by atoms with E-state index in [0.29, 0.717) is 0 Å². The molecule has 0 radical (unpaired) electrons. The second kappa shape index (κ2) is 10.3. The number of anilines is 1. The van der Waals surface area contributed by atoms with Crippen LogP contribution in [-0.4, -0.2) is 44.7 Å². The highest BCUT2D eigenvalue weighted by Crippen LogP contribution is 2.33. The zero-order valence-corrected chi connectivity index (χ0v) is 19.8. The Bertz CT molecular complexity index is 1160. The quantitative estimate of drug-likeness (QED) is 0.312. The molecular weight excluding hydrogens is 428 g/mol. The van der Waals surface area contributed by atoms with Crippen molar-refractivity contribution in [1.29, 1.82) is 0 Å². The lowest BCUT2D eigenvalue weighted by molar-refractivity contribution is 0.164. The fraction of sp³-hybridized carbons (Fsp3) is 0.286. The average Bonchev–Trinajstić information content (AvgIpc) is 3.42. The van der Waals surface area contributed by atoms with E-state index in [4.69, 9.17) is 9.47 Å². The molecule has 3 aromatic carbocycles. The maximum Gasteiger partial charge on any atom is 0.134 e. The molecule has 5 rings (SSSR count). The standard InChI is InChI=1S/C28H30N2O2S/c1-31-24-10-5-9-23(21-24)30-18-16-29(17-19-30)15-14-27(28-13-6-20-33-28)32-26-12-4-8-22-7-2-3-11-25(22)26/h2-13,20-21,27H,14-19H2,1H3. The Morgan fingerprint density at radius 2 is 1.70 bits per heavy atom. The zero-order chi connectivity index (χ0) is 22.5. The summed E-state index contributed by atoms with van der Waals surface area (Å²) in [5.74, 6) is 1.88. The van der Waals surface area contributed by atoms with Gasteiger partial charge in [-0.1, -0.05) is 48.5 Å². The molecule has 33 heavy (non-hydrogen) atoms. The minimum Gasteiger partial charge on any atom is -0.497 e. The van der Waals surface area contributed by atoms with Gasteiger partial charge in [-0.3, -0.25) is 4.90 Å². The number of methoxy groups -OCH3 is 1. The molecule has 4 nitrogen and oxygen atoms in total. The Labute approximate surface area is 200 Å². The molecular formula is C28H30N2O2S. The van der Waals surface area contributed by atoms with Crippen molar-refractivity contribution in [3.05, 3.63) is 89.1 Å². The molecule has 0 aliphatic carbocycles. The van der Waals surface area contributed by atoms with Gasteiger partial charge in [0.1, 0.15) is 17.6 Å².